The summed E-state index contributed by atoms with van der Waals surface area (Å²) in [6.07, 6.45) is 1.92. The molecule has 0 bridgehead atoms. The van der Waals surface area contributed by atoms with Gasteiger partial charge in [0.15, 0.2) is 0 Å². The second-order valence-corrected chi connectivity index (χ2v) is 12.2. The Morgan fingerprint density at radius 3 is 1.55 bits per heavy atom. The van der Waals surface area contributed by atoms with Crippen LogP contribution in [-0.2, 0) is 43.2 Å². The molecule has 1 aromatic heterocycles. The normalized spacial score (nSPS) is 14.1. The van der Waals surface area contributed by atoms with Crippen molar-refractivity contribution in [3.63, 3.8) is 0 Å². The number of para-hydroxylation sites is 1. The summed E-state index contributed by atoms with van der Waals surface area (Å²) >= 11 is 8.14. The highest BCUT2D eigenvalue weighted by Crippen LogP contribution is 2.20. The van der Waals surface area contributed by atoms with Crippen molar-refractivity contribution >= 4 is 65.8 Å². The summed E-state index contributed by atoms with van der Waals surface area (Å²) in [5.41, 5.74) is 8.92. The molecule has 0 saturated heterocycles. The number of carbonyl (C=O) groups excluding carboxylic acids is 4. The quantitative estimate of drug-likeness (QED) is 0.0741. The first-order valence-corrected chi connectivity index (χ1v) is 16.9. The molecule has 49 heavy (non-hydrogen) atoms. The molecule has 0 fully saturated rings. The van der Waals surface area contributed by atoms with Gasteiger partial charge >= 0.3 is 5.97 Å². The number of aromatic nitrogens is 1. The van der Waals surface area contributed by atoms with Gasteiger partial charge in [0, 0.05) is 47.9 Å². The van der Waals surface area contributed by atoms with Gasteiger partial charge in [-0.2, -0.15) is 25.3 Å². The zero-order chi connectivity index (χ0) is 35.3. The molecular weight excluding hydrogens is 665 g/mol. The Kier molecular flexibility index (Phi) is 13.7. The number of fused-ring (bicyclic) bond motifs is 1. The van der Waals surface area contributed by atoms with Crippen molar-refractivity contribution in [2.75, 3.05) is 11.5 Å². The molecule has 0 spiro atoms. The van der Waals surface area contributed by atoms with Crippen molar-refractivity contribution in [3.8, 4) is 0 Å². The molecule has 14 heteroatoms. The average molecular weight is 705 g/mol. The topological polar surface area (TPSA) is 196 Å². The number of aliphatic carboxylic acids is 1. The lowest BCUT2D eigenvalue weighted by Crippen LogP contribution is -2.59. The molecule has 1 heterocycles. The van der Waals surface area contributed by atoms with Crippen LogP contribution in [0.3, 0.4) is 0 Å². The fourth-order valence-corrected chi connectivity index (χ4v) is 5.63. The Hall–Kier alpha value is -4.79. The number of nitrogens with two attached hydrogens (primary N) is 1. The van der Waals surface area contributed by atoms with Gasteiger partial charge in [0.05, 0.1) is 6.04 Å². The molecule has 12 nitrogen and oxygen atoms in total. The number of hydrogen-bond acceptors (Lipinski definition) is 8. The van der Waals surface area contributed by atoms with Crippen LogP contribution < -0.4 is 27.0 Å². The third kappa shape index (κ3) is 10.6. The number of benzene rings is 3. The summed E-state index contributed by atoms with van der Waals surface area (Å²) in [6.45, 7) is 0. The Balaban J connectivity index is 1.65. The van der Waals surface area contributed by atoms with Gasteiger partial charge in [-0.05, 0) is 22.8 Å². The van der Waals surface area contributed by atoms with Gasteiger partial charge < -0.3 is 37.1 Å². The number of carboxylic acid groups (broad SMARTS) is 1. The molecular formula is C35H40N6O6S2. The smallest absolute Gasteiger partial charge is 0.327 e. The van der Waals surface area contributed by atoms with E-state index in [1.165, 1.54) is 0 Å². The van der Waals surface area contributed by atoms with Crippen LogP contribution in [0.2, 0.25) is 0 Å². The average Bonchev–Trinajstić information content (AvgIpc) is 3.52. The molecule has 0 aliphatic heterocycles. The molecule has 0 aliphatic carbocycles. The van der Waals surface area contributed by atoms with Crippen LogP contribution in [0.1, 0.15) is 16.7 Å². The Morgan fingerprint density at radius 1 is 0.612 bits per heavy atom. The molecule has 0 unspecified atom stereocenters. The minimum absolute atomic E-state index is 0.0256. The standard InChI is InChI=1S/C35H40N6O6S2/c36-25(19-48)31(42)38-27(15-21-9-3-1-4-10-21)32(43)40-29(17-23-18-37-26-14-8-7-13-24(23)26)34(45)39-28(16-22-11-5-2-6-12-22)33(44)41-30(20-49)35(46)47/h1-14,18,25,27-30,37,48-49H,15-17,19-20,36H2,(H,38,42)(H,39,45)(H,40,43)(H,41,44)(H,46,47)/t25-,27-,28-,29-,30-/m0/s1. The van der Waals surface area contributed by atoms with Crippen molar-refractivity contribution in [1.29, 1.82) is 0 Å². The summed E-state index contributed by atoms with van der Waals surface area (Å²) in [7, 11) is 0. The number of nitrogens with one attached hydrogen (secondary N) is 5. The number of thiol groups is 2. The lowest BCUT2D eigenvalue weighted by Gasteiger charge is -2.26. The third-order valence-corrected chi connectivity index (χ3v) is 8.65. The maximum Gasteiger partial charge on any atom is 0.327 e. The van der Waals surface area contributed by atoms with E-state index in [-0.39, 0.29) is 30.8 Å². The summed E-state index contributed by atoms with van der Waals surface area (Å²) < 4.78 is 0. The molecule has 5 atom stereocenters. The van der Waals surface area contributed by atoms with E-state index in [2.05, 4.69) is 51.5 Å². The van der Waals surface area contributed by atoms with Crippen LogP contribution in [-0.4, -0.2) is 81.4 Å². The number of aromatic amines is 1. The van der Waals surface area contributed by atoms with E-state index < -0.39 is 59.8 Å². The zero-order valence-electron chi connectivity index (χ0n) is 26.5. The van der Waals surface area contributed by atoms with E-state index in [0.717, 1.165) is 22.0 Å². The number of carboxylic acids is 1. The van der Waals surface area contributed by atoms with Gasteiger partial charge in [0.25, 0.3) is 0 Å². The first kappa shape index (κ1) is 37.0. The molecule has 3 aromatic carbocycles. The maximum atomic E-state index is 14.1. The van der Waals surface area contributed by atoms with Gasteiger partial charge in [0.1, 0.15) is 24.2 Å². The molecule has 4 aromatic rings. The highest BCUT2D eigenvalue weighted by Gasteiger charge is 2.32. The Bertz CT molecular complexity index is 1740. The lowest BCUT2D eigenvalue weighted by atomic mass is 10.0. The minimum atomic E-state index is -1.29. The number of carbonyl (C=O) groups is 5. The minimum Gasteiger partial charge on any atom is -0.480 e. The van der Waals surface area contributed by atoms with E-state index >= 15 is 0 Å². The lowest BCUT2D eigenvalue weighted by molar-refractivity contribution is -0.141. The molecule has 0 aliphatic rings. The number of rotatable bonds is 17. The van der Waals surface area contributed by atoms with Crippen molar-refractivity contribution < 1.29 is 29.1 Å². The van der Waals surface area contributed by atoms with Crippen molar-refractivity contribution in [3.05, 3.63) is 108 Å². The summed E-state index contributed by atoms with van der Waals surface area (Å²) in [4.78, 5) is 69.2. The number of amides is 4. The van der Waals surface area contributed by atoms with E-state index in [1.54, 1.807) is 48.7 Å². The van der Waals surface area contributed by atoms with Gasteiger partial charge in [-0.25, -0.2) is 4.79 Å². The van der Waals surface area contributed by atoms with Gasteiger partial charge in [0.2, 0.25) is 23.6 Å². The highest BCUT2D eigenvalue weighted by atomic mass is 32.1. The van der Waals surface area contributed by atoms with Crippen LogP contribution in [0.5, 0.6) is 0 Å². The predicted octanol–water partition coefficient (Wildman–Crippen LogP) is 1.41. The second-order valence-electron chi connectivity index (χ2n) is 11.5. The van der Waals surface area contributed by atoms with Crippen molar-refractivity contribution in [2.45, 2.75) is 49.5 Å². The zero-order valence-corrected chi connectivity index (χ0v) is 28.3. The van der Waals surface area contributed by atoms with E-state index in [0.29, 0.717) is 5.56 Å². The molecule has 4 amide bonds. The van der Waals surface area contributed by atoms with E-state index in [9.17, 15) is 29.1 Å². The van der Waals surface area contributed by atoms with Crippen LogP contribution in [0.4, 0.5) is 0 Å². The van der Waals surface area contributed by atoms with Gasteiger partial charge in [-0.15, -0.1) is 0 Å². The van der Waals surface area contributed by atoms with Gasteiger partial charge in [-0.3, -0.25) is 19.2 Å². The van der Waals surface area contributed by atoms with Crippen LogP contribution in [0.15, 0.2) is 91.1 Å². The SMILES string of the molecule is N[C@@H](CS)C(=O)N[C@@H](Cc1ccccc1)C(=O)N[C@@H](Cc1c[nH]c2ccccc12)C(=O)N[C@@H](Cc1ccccc1)C(=O)N[C@@H](CS)C(=O)O. The fourth-order valence-electron chi connectivity index (χ4n) is 5.21. The summed E-state index contributed by atoms with van der Waals surface area (Å²) in [6, 6.07) is 19.7. The fraction of sp³-hybridized carbons (Fsp3) is 0.286. The molecule has 0 radical (unpaired) electrons. The predicted molar refractivity (Wildman–Crippen MR) is 193 cm³/mol. The highest BCUT2D eigenvalue weighted by molar-refractivity contribution is 7.80. The van der Waals surface area contributed by atoms with Gasteiger partial charge in [-0.1, -0.05) is 78.9 Å². The van der Waals surface area contributed by atoms with Crippen LogP contribution in [0, 0.1) is 0 Å². The molecule has 8 N–H and O–H groups in total. The second kappa shape index (κ2) is 18.1. The molecule has 258 valence electrons. The molecule has 0 saturated carbocycles. The molecule has 4 rings (SSSR count). The van der Waals surface area contributed by atoms with Crippen LogP contribution >= 0.6 is 25.3 Å². The Labute approximate surface area is 294 Å². The summed E-state index contributed by atoms with van der Waals surface area (Å²) in [5.74, 6) is -4.04. The third-order valence-electron chi connectivity index (χ3n) is 7.89. The first-order valence-electron chi connectivity index (χ1n) is 15.6. The van der Waals surface area contributed by atoms with Crippen LogP contribution in [0.25, 0.3) is 10.9 Å². The number of hydrogen-bond donors (Lipinski definition) is 9. The monoisotopic (exact) mass is 704 g/mol. The maximum absolute atomic E-state index is 14.1. The van der Waals surface area contributed by atoms with E-state index in [1.807, 2.05) is 42.5 Å². The van der Waals surface area contributed by atoms with Crippen molar-refractivity contribution in [2.24, 2.45) is 5.73 Å². The summed E-state index contributed by atoms with van der Waals surface area (Å²) in [5, 5.41) is 21.0. The largest absolute Gasteiger partial charge is 0.480 e. The van der Waals surface area contributed by atoms with E-state index in [4.69, 9.17) is 5.73 Å². The Morgan fingerprint density at radius 2 is 1.06 bits per heavy atom. The number of H-pyrrole nitrogens is 1. The first-order chi connectivity index (χ1) is 23.6. The van der Waals surface area contributed by atoms with Crippen molar-refractivity contribution in [1.82, 2.24) is 26.3 Å².